The maximum atomic E-state index is 9.04. The molecule has 0 aromatic heterocycles. The van der Waals surface area contributed by atoms with Crippen LogP contribution in [-0.4, -0.2) is 34.7 Å². The van der Waals surface area contributed by atoms with Crippen molar-refractivity contribution in [3.8, 4) is 0 Å². The molecule has 2 nitrogen and oxygen atoms in total. The lowest BCUT2D eigenvalue weighted by molar-refractivity contribution is -0.0561. The number of β-amino-alcohol motifs (C(OH)–C–C–N with tert-alkyl or cyclic N) is 1. The fourth-order valence-electron chi connectivity index (χ4n) is 1.17. The Labute approximate surface area is 62.8 Å². The highest BCUT2D eigenvalue weighted by atomic mass is 16.3. The minimum Gasteiger partial charge on any atom is -0.390 e. The van der Waals surface area contributed by atoms with Gasteiger partial charge in [-0.2, -0.15) is 0 Å². The van der Waals surface area contributed by atoms with Gasteiger partial charge in [-0.25, -0.2) is 0 Å². The Morgan fingerprint density at radius 1 is 1.50 bits per heavy atom. The second-order valence-electron chi connectivity index (χ2n) is 3.72. The lowest BCUT2D eigenvalue weighted by atomic mass is 9.94. The first kappa shape index (κ1) is 8.02. The molecule has 0 amide bonds. The second kappa shape index (κ2) is 2.51. The van der Waals surface area contributed by atoms with Crippen molar-refractivity contribution in [2.75, 3.05) is 13.1 Å². The minimum absolute atomic E-state index is 0.0641. The standard InChI is InChI=1S/C8H17NO/c1-4-8(2,3)9-5-7(10)6-9/h7,10H,4-6H2,1-3H3. The highest BCUT2D eigenvalue weighted by molar-refractivity contribution is 4.90. The highest BCUT2D eigenvalue weighted by Crippen LogP contribution is 2.24. The molecular weight excluding hydrogens is 126 g/mol. The zero-order valence-electron chi connectivity index (χ0n) is 7.09. The van der Waals surface area contributed by atoms with Crippen LogP contribution in [0.1, 0.15) is 27.2 Å². The third-order valence-corrected chi connectivity index (χ3v) is 2.58. The lowest BCUT2D eigenvalue weighted by Crippen LogP contribution is -2.59. The van der Waals surface area contributed by atoms with E-state index >= 15 is 0 Å². The second-order valence-corrected chi connectivity index (χ2v) is 3.72. The van der Waals surface area contributed by atoms with Crippen LogP contribution < -0.4 is 0 Å². The molecule has 0 spiro atoms. The Kier molecular flexibility index (Phi) is 2.02. The van der Waals surface area contributed by atoms with E-state index in [9.17, 15) is 0 Å². The molecule has 1 N–H and O–H groups in total. The van der Waals surface area contributed by atoms with Crippen molar-refractivity contribution < 1.29 is 5.11 Å². The Hall–Kier alpha value is -0.0800. The van der Waals surface area contributed by atoms with Gasteiger partial charge in [0.15, 0.2) is 0 Å². The number of hydrogen-bond donors (Lipinski definition) is 1. The number of aliphatic hydroxyl groups is 1. The molecule has 1 saturated heterocycles. The Bertz CT molecular complexity index is 116. The molecule has 1 aliphatic rings. The predicted molar refractivity (Wildman–Crippen MR) is 41.9 cm³/mol. The van der Waals surface area contributed by atoms with Gasteiger partial charge in [0, 0.05) is 18.6 Å². The molecule has 1 fully saturated rings. The largest absolute Gasteiger partial charge is 0.390 e. The van der Waals surface area contributed by atoms with E-state index in [1.165, 1.54) is 0 Å². The molecule has 0 bridgehead atoms. The Balaban J connectivity index is 2.36. The van der Waals surface area contributed by atoms with E-state index in [4.69, 9.17) is 5.11 Å². The fraction of sp³-hybridized carbons (Fsp3) is 1.00. The SMILES string of the molecule is CCC(C)(C)N1CC(O)C1. The van der Waals surface area contributed by atoms with Crippen molar-refractivity contribution in [2.45, 2.75) is 38.8 Å². The highest BCUT2D eigenvalue weighted by Gasteiger charge is 2.34. The van der Waals surface area contributed by atoms with Gasteiger partial charge in [-0.1, -0.05) is 6.92 Å². The first-order chi connectivity index (χ1) is 4.56. The topological polar surface area (TPSA) is 23.5 Å². The maximum absolute atomic E-state index is 9.04. The summed E-state index contributed by atoms with van der Waals surface area (Å²) in [6, 6.07) is 0. The molecule has 0 radical (unpaired) electrons. The molecule has 0 atom stereocenters. The summed E-state index contributed by atoms with van der Waals surface area (Å²) in [5, 5.41) is 9.04. The average Bonchev–Trinajstić information content (AvgIpc) is 1.81. The summed E-state index contributed by atoms with van der Waals surface area (Å²) in [4.78, 5) is 2.32. The quantitative estimate of drug-likeness (QED) is 0.619. The van der Waals surface area contributed by atoms with Crippen LogP contribution in [0.2, 0.25) is 0 Å². The molecule has 2 heteroatoms. The van der Waals surface area contributed by atoms with Gasteiger partial charge >= 0.3 is 0 Å². The normalized spacial score (nSPS) is 22.8. The zero-order valence-corrected chi connectivity index (χ0v) is 7.09. The van der Waals surface area contributed by atoms with Gasteiger partial charge in [-0.15, -0.1) is 0 Å². The van der Waals surface area contributed by atoms with Crippen LogP contribution in [0.15, 0.2) is 0 Å². The number of hydrogen-bond acceptors (Lipinski definition) is 2. The number of nitrogens with zero attached hydrogens (tertiary/aromatic N) is 1. The summed E-state index contributed by atoms with van der Waals surface area (Å²) < 4.78 is 0. The molecule has 0 unspecified atom stereocenters. The van der Waals surface area contributed by atoms with E-state index in [1.807, 2.05) is 0 Å². The maximum Gasteiger partial charge on any atom is 0.0794 e. The molecule has 1 aliphatic heterocycles. The van der Waals surface area contributed by atoms with Crippen LogP contribution in [0.25, 0.3) is 0 Å². The van der Waals surface area contributed by atoms with Crippen LogP contribution >= 0.6 is 0 Å². The molecule has 0 aromatic carbocycles. The monoisotopic (exact) mass is 143 g/mol. The van der Waals surface area contributed by atoms with Crippen LogP contribution in [-0.2, 0) is 0 Å². The summed E-state index contributed by atoms with van der Waals surface area (Å²) in [7, 11) is 0. The average molecular weight is 143 g/mol. The van der Waals surface area contributed by atoms with Crippen molar-refractivity contribution in [3.05, 3.63) is 0 Å². The lowest BCUT2D eigenvalue weighted by Gasteiger charge is -2.47. The fourth-order valence-corrected chi connectivity index (χ4v) is 1.17. The smallest absolute Gasteiger partial charge is 0.0794 e. The molecule has 0 aliphatic carbocycles. The van der Waals surface area contributed by atoms with Crippen LogP contribution in [0, 0.1) is 0 Å². The van der Waals surface area contributed by atoms with E-state index in [1.54, 1.807) is 0 Å². The summed E-state index contributed by atoms with van der Waals surface area (Å²) in [5.74, 6) is 0. The van der Waals surface area contributed by atoms with Gasteiger partial charge in [-0.05, 0) is 20.3 Å². The summed E-state index contributed by atoms with van der Waals surface area (Å²) in [6.07, 6.45) is 1.09. The number of likely N-dealkylation sites (tertiary alicyclic amines) is 1. The molecule has 1 heterocycles. The number of rotatable bonds is 2. The third kappa shape index (κ3) is 1.32. The summed E-state index contributed by atoms with van der Waals surface area (Å²) in [5.41, 5.74) is 0.291. The predicted octanol–water partition coefficient (Wildman–Crippen LogP) is 0.851. The first-order valence-electron chi connectivity index (χ1n) is 3.99. The molecule has 0 aromatic rings. The summed E-state index contributed by atoms with van der Waals surface area (Å²) >= 11 is 0. The van der Waals surface area contributed by atoms with Crippen LogP contribution in [0.3, 0.4) is 0 Å². The zero-order chi connectivity index (χ0) is 7.78. The number of aliphatic hydroxyl groups excluding tert-OH is 1. The van der Waals surface area contributed by atoms with E-state index in [0.29, 0.717) is 5.54 Å². The minimum atomic E-state index is -0.0641. The van der Waals surface area contributed by atoms with Gasteiger partial charge in [0.05, 0.1) is 6.10 Å². The molecule has 10 heavy (non-hydrogen) atoms. The van der Waals surface area contributed by atoms with Gasteiger partial charge in [0.1, 0.15) is 0 Å². The Morgan fingerprint density at radius 3 is 2.30 bits per heavy atom. The third-order valence-electron chi connectivity index (χ3n) is 2.58. The first-order valence-corrected chi connectivity index (χ1v) is 3.99. The molecule has 1 rings (SSSR count). The van der Waals surface area contributed by atoms with Crippen LogP contribution in [0.5, 0.6) is 0 Å². The molecule has 0 saturated carbocycles. The van der Waals surface area contributed by atoms with E-state index in [0.717, 1.165) is 19.5 Å². The molecular formula is C8H17NO. The van der Waals surface area contributed by atoms with Gasteiger partial charge in [0.2, 0.25) is 0 Å². The van der Waals surface area contributed by atoms with Crippen LogP contribution in [0.4, 0.5) is 0 Å². The summed E-state index contributed by atoms with van der Waals surface area (Å²) in [6.45, 7) is 8.35. The van der Waals surface area contributed by atoms with Gasteiger partial charge in [0.25, 0.3) is 0 Å². The van der Waals surface area contributed by atoms with Crippen molar-refractivity contribution in [3.63, 3.8) is 0 Å². The van der Waals surface area contributed by atoms with Crippen molar-refractivity contribution in [1.82, 2.24) is 4.90 Å². The van der Waals surface area contributed by atoms with Crippen molar-refractivity contribution >= 4 is 0 Å². The van der Waals surface area contributed by atoms with Crippen molar-refractivity contribution in [1.29, 1.82) is 0 Å². The van der Waals surface area contributed by atoms with Crippen molar-refractivity contribution in [2.24, 2.45) is 0 Å². The molecule has 60 valence electrons. The van der Waals surface area contributed by atoms with Gasteiger partial charge in [-0.3, -0.25) is 4.90 Å². The van der Waals surface area contributed by atoms with Gasteiger partial charge < -0.3 is 5.11 Å². The van der Waals surface area contributed by atoms with E-state index in [-0.39, 0.29) is 6.10 Å². The van der Waals surface area contributed by atoms with E-state index < -0.39 is 0 Å². The Morgan fingerprint density at radius 2 is 2.00 bits per heavy atom. The van der Waals surface area contributed by atoms with E-state index in [2.05, 4.69) is 25.7 Å².